The van der Waals surface area contributed by atoms with Gasteiger partial charge in [-0.05, 0) is 40.6 Å². The van der Waals surface area contributed by atoms with Crippen LogP contribution in [-0.4, -0.2) is 17.6 Å². The van der Waals surface area contributed by atoms with Crippen LogP contribution < -0.4 is 11.1 Å². The Labute approximate surface area is 123 Å². The van der Waals surface area contributed by atoms with E-state index in [2.05, 4.69) is 21.2 Å². The second-order valence-electron chi connectivity index (χ2n) is 4.01. The van der Waals surface area contributed by atoms with Gasteiger partial charge in [-0.1, -0.05) is 15.9 Å². The lowest BCUT2D eigenvalue weighted by atomic mass is 10.1. The molecule has 0 saturated carbocycles. The van der Waals surface area contributed by atoms with E-state index in [4.69, 9.17) is 5.73 Å². The fraction of sp³-hybridized carbons (Fsp3) is 0.154. The van der Waals surface area contributed by atoms with Gasteiger partial charge in [0.05, 0.1) is 11.7 Å². The molecule has 1 unspecified atom stereocenters. The molecule has 1 amide bonds. The molecule has 1 aromatic heterocycles. The molecule has 6 heteroatoms. The number of halogens is 1. The Hall–Kier alpha value is -1.37. The number of hydrogen-bond donors (Lipinski definition) is 3. The zero-order valence-corrected chi connectivity index (χ0v) is 12.4. The first-order valence-electron chi connectivity index (χ1n) is 5.61. The fourth-order valence-corrected chi connectivity index (χ4v) is 2.69. The largest absolute Gasteiger partial charge is 0.398 e. The molecule has 0 bridgehead atoms. The minimum atomic E-state index is -0.702. The molecule has 0 fully saturated rings. The molecule has 0 aliphatic heterocycles. The van der Waals surface area contributed by atoms with Gasteiger partial charge in [0.2, 0.25) is 0 Å². The van der Waals surface area contributed by atoms with E-state index in [-0.39, 0.29) is 12.5 Å². The molecular weight excluding hydrogens is 328 g/mol. The Morgan fingerprint density at radius 3 is 2.89 bits per heavy atom. The molecule has 100 valence electrons. The molecule has 0 aliphatic carbocycles. The number of thiophene rings is 1. The van der Waals surface area contributed by atoms with Crippen molar-refractivity contribution in [3.05, 3.63) is 50.6 Å². The van der Waals surface area contributed by atoms with Crippen LogP contribution in [0.2, 0.25) is 0 Å². The summed E-state index contributed by atoms with van der Waals surface area (Å²) in [7, 11) is 0. The summed E-state index contributed by atoms with van der Waals surface area (Å²) in [6.07, 6.45) is -0.702. The van der Waals surface area contributed by atoms with Crippen molar-refractivity contribution in [3.8, 4) is 0 Å². The molecule has 2 rings (SSSR count). The van der Waals surface area contributed by atoms with Gasteiger partial charge in [0.25, 0.3) is 5.91 Å². The summed E-state index contributed by atoms with van der Waals surface area (Å²) >= 11 is 4.79. The van der Waals surface area contributed by atoms with Gasteiger partial charge in [-0.3, -0.25) is 4.79 Å². The highest BCUT2D eigenvalue weighted by Gasteiger charge is 2.13. The number of amides is 1. The Balaban J connectivity index is 1.98. The van der Waals surface area contributed by atoms with E-state index in [0.717, 1.165) is 10.0 Å². The Kier molecular flexibility index (Phi) is 4.57. The number of carbonyl (C=O) groups excluding carboxylic acids is 1. The van der Waals surface area contributed by atoms with Gasteiger partial charge in [0.1, 0.15) is 0 Å². The number of nitrogens with one attached hydrogen (secondary N) is 1. The quantitative estimate of drug-likeness (QED) is 0.748. The van der Waals surface area contributed by atoms with E-state index in [1.165, 1.54) is 11.3 Å². The minimum absolute atomic E-state index is 0.158. The molecule has 1 atom stereocenters. The standard InChI is InChI=1S/C13H13BrN2O2S/c14-9-1-2-10(11(15)5-9)13(18)16-6-12(17)8-3-4-19-7-8/h1-5,7,12,17H,6,15H2,(H,16,18). The SMILES string of the molecule is Nc1cc(Br)ccc1C(=O)NCC(O)c1ccsc1. The number of nitrogens with two attached hydrogens (primary N) is 1. The number of nitrogen functional groups attached to an aromatic ring is 1. The molecule has 0 radical (unpaired) electrons. The molecule has 4 nitrogen and oxygen atoms in total. The van der Waals surface area contributed by atoms with E-state index in [0.29, 0.717) is 11.3 Å². The lowest BCUT2D eigenvalue weighted by molar-refractivity contribution is 0.0917. The molecule has 19 heavy (non-hydrogen) atoms. The van der Waals surface area contributed by atoms with Crippen molar-refractivity contribution >= 4 is 38.9 Å². The number of hydrogen-bond acceptors (Lipinski definition) is 4. The van der Waals surface area contributed by atoms with Gasteiger partial charge in [0.15, 0.2) is 0 Å². The topological polar surface area (TPSA) is 75.4 Å². The van der Waals surface area contributed by atoms with E-state index >= 15 is 0 Å². The van der Waals surface area contributed by atoms with E-state index in [1.54, 1.807) is 18.2 Å². The van der Waals surface area contributed by atoms with Crippen molar-refractivity contribution in [2.24, 2.45) is 0 Å². The first-order valence-corrected chi connectivity index (χ1v) is 7.35. The van der Waals surface area contributed by atoms with Gasteiger partial charge in [-0.25, -0.2) is 0 Å². The number of aliphatic hydroxyl groups is 1. The summed E-state index contributed by atoms with van der Waals surface area (Å²) in [4.78, 5) is 11.9. The summed E-state index contributed by atoms with van der Waals surface area (Å²) in [5.74, 6) is -0.292. The van der Waals surface area contributed by atoms with Crippen LogP contribution in [0.4, 0.5) is 5.69 Å². The average Bonchev–Trinajstić information content (AvgIpc) is 2.89. The zero-order chi connectivity index (χ0) is 13.8. The van der Waals surface area contributed by atoms with Crippen LogP contribution in [0.15, 0.2) is 39.5 Å². The summed E-state index contributed by atoms with van der Waals surface area (Å²) in [6.45, 7) is 0.158. The van der Waals surface area contributed by atoms with E-state index in [1.807, 2.05) is 16.8 Å². The molecule has 1 aromatic carbocycles. The van der Waals surface area contributed by atoms with Crippen LogP contribution in [0, 0.1) is 0 Å². The highest BCUT2D eigenvalue weighted by atomic mass is 79.9. The van der Waals surface area contributed by atoms with Crippen LogP contribution in [0.3, 0.4) is 0 Å². The number of anilines is 1. The fourth-order valence-electron chi connectivity index (χ4n) is 1.61. The molecule has 1 heterocycles. The monoisotopic (exact) mass is 340 g/mol. The van der Waals surface area contributed by atoms with Crippen LogP contribution in [0.1, 0.15) is 22.0 Å². The second-order valence-corrected chi connectivity index (χ2v) is 5.71. The highest BCUT2D eigenvalue weighted by Crippen LogP contribution is 2.19. The number of rotatable bonds is 4. The van der Waals surface area contributed by atoms with Crippen molar-refractivity contribution in [1.82, 2.24) is 5.32 Å². The second kappa shape index (κ2) is 6.18. The van der Waals surface area contributed by atoms with Crippen LogP contribution in [-0.2, 0) is 0 Å². The highest BCUT2D eigenvalue weighted by molar-refractivity contribution is 9.10. The van der Waals surface area contributed by atoms with Crippen molar-refractivity contribution in [2.75, 3.05) is 12.3 Å². The maximum absolute atomic E-state index is 11.9. The number of carbonyl (C=O) groups is 1. The summed E-state index contributed by atoms with van der Waals surface area (Å²) < 4.78 is 0.819. The van der Waals surface area contributed by atoms with Crippen LogP contribution in [0.25, 0.3) is 0 Å². The molecular formula is C13H13BrN2O2S. The molecule has 0 spiro atoms. The average molecular weight is 341 g/mol. The zero-order valence-electron chi connectivity index (χ0n) is 9.97. The maximum atomic E-state index is 11.9. The van der Waals surface area contributed by atoms with Gasteiger partial charge < -0.3 is 16.2 Å². The van der Waals surface area contributed by atoms with Crippen molar-refractivity contribution in [2.45, 2.75) is 6.10 Å². The maximum Gasteiger partial charge on any atom is 0.253 e. The van der Waals surface area contributed by atoms with Gasteiger partial charge in [-0.15, -0.1) is 0 Å². The first kappa shape index (κ1) is 14.0. The third kappa shape index (κ3) is 3.56. The van der Waals surface area contributed by atoms with Crippen molar-refractivity contribution in [1.29, 1.82) is 0 Å². The lowest BCUT2D eigenvalue weighted by Gasteiger charge is -2.11. The smallest absolute Gasteiger partial charge is 0.253 e. The molecule has 0 saturated heterocycles. The lowest BCUT2D eigenvalue weighted by Crippen LogP contribution is -2.28. The van der Waals surface area contributed by atoms with E-state index in [9.17, 15) is 9.90 Å². The first-order chi connectivity index (χ1) is 9.08. The third-order valence-electron chi connectivity index (χ3n) is 2.64. The Morgan fingerprint density at radius 2 is 2.26 bits per heavy atom. The van der Waals surface area contributed by atoms with Crippen LogP contribution in [0.5, 0.6) is 0 Å². The summed E-state index contributed by atoms with van der Waals surface area (Å²) in [5, 5.41) is 16.3. The van der Waals surface area contributed by atoms with Gasteiger partial charge in [0, 0.05) is 16.7 Å². The summed E-state index contributed by atoms with van der Waals surface area (Å²) in [6, 6.07) is 6.89. The van der Waals surface area contributed by atoms with Gasteiger partial charge in [-0.2, -0.15) is 11.3 Å². The molecule has 4 N–H and O–H groups in total. The summed E-state index contributed by atoms with van der Waals surface area (Å²) in [5.41, 5.74) is 7.38. The predicted octanol–water partition coefficient (Wildman–Crippen LogP) is 2.56. The van der Waals surface area contributed by atoms with E-state index < -0.39 is 6.10 Å². The molecule has 0 aliphatic rings. The third-order valence-corrected chi connectivity index (χ3v) is 3.84. The van der Waals surface area contributed by atoms with Gasteiger partial charge >= 0.3 is 0 Å². The number of aliphatic hydroxyl groups excluding tert-OH is 1. The van der Waals surface area contributed by atoms with Crippen molar-refractivity contribution < 1.29 is 9.90 Å². The predicted molar refractivity (Wildman–Crippen MR) is 80.2 cm³/mol. The Morgan fingerprint density at radius 1 is 1.47 bits per heavy atom. The molecule has 2 aromatic rings. The van der Waals surface area contributed by atoms with Crippen LogP contribution >= 0.6 is 27.3 Å². The normalized spacial score (nSPS) is 12.1. The Bertz CT molecular complexity index is 572. The van der Waals surface area contributed by atoms with Crippen molar-refractivity contribution in [3.63, 3.8) is 0 Å². The number of benzene rings is 1. The minimum Gasteiger partial charge on any atom is -0.398 e.